The van der Waals surface area contributed by atoms with Gasteiger partial charge in [-0.05, 0) is 12.5 Å². The molecule has 0 amide bonds. The van der Waals surface area contributed by atoms with Gasteiger partial charge >= 0.3 is 0 Å². The fourth-order valence-electron chi connectivity index (χ4n) is 1.83. The Kier molecular flexibility index (Phi) is 5.72. The van der Waals surface area contributed by atoms with Crippen molar-refractivity contribution < 1.29 is 22.3 Å². The average molecular weight is 329 g/mol. The Morgan fingerprint density at radius 2 is 1.83 bits per heavy atom. The van der Waals surface area contributed by atoms with Gasteiger partial charge in [0.25, 0.3) is 11.9 Å². The van der Waals surface area contributed by atoms with Gasteiger partial charge in [-0.25, -0.2) is 4.98 Å². The average Bonchev–Trinajstić information content (AvgIpc) is 2.54. The van der Waals surface area contributed by atoms with Gasteiger partial charge in [0.2, 0.25) is 17.5 Å². The lowest BCUT2D eigenvalue weighted by Gasteiger charge is -2.12. The van der Waals surface area contributed by atoms with E-state index in [-0.39, 0.29) is 6.54 Å². The molecule has 0 saturated heterocycles. The zero-order valence-electron chi connectivity index (χ0n) is 12.4. The Bertz CT molecular complexity index is 656. The standard InChI is InChI=1S/C15H15F4N3O/c1-2-3-7-23-15-9(5-4-6-20-15)8-21-12-10(16)13(18)22-14(19)11(12)17/h4-6H,2-3,7-8H2,1H3,(H,21,22). The van der Waals surface area contributed by atoms with Crippen molar-refractivity contribution in [1.82, 2.24) is 9.97 Å². The maximum Gasteiger partial charge on any atom is 0.253 e. The summed E-state index contributed by atoms with van der Waals surface area (Å²) in [6.07, 6.45) is 3.28. The number of nitrogens with one attached hydrogen (secondary N) is 1. The van der Waals surface area contributed by atoms with Crippen LogP contribution in [0.3, 0.4) is 0 Å². The SMILES string of the molecule is CCCCOc1ncccc1CNc1c(F)c(F)nc(F)c1F. The van der Waals surface area contributed by atoms with Gasteiger partial charge in [-0.1, -0.05) is 19.4 Å². The Balaban J connectivity index is 2.16. The van der Waals surface area contributed by atoms with E-state index in [0.29, 0.717) is 18.1 Å². The van der Waals surface area contributed by atoms with Gasteiger partial charge in [-0.15, -0.1) is 0 Å². The minimum atomic E-state index is -1.71. The number of nitrogens with zero attached hydrogens (tertiary/aromatic N) is 2. The van der Waals surface area contributed by atoms with E-state index < -0.39 is 29.2 Å². The number of rotatable bonds is 7. The normalized spacial score (nSPS) is 10.7. The molecule has 2 aromatic rings. The van der Waals surface area contributed by atoms with Gasteiger partial charge in [0.1, 0.15) is 5.69 Å². The summed E-state index contributed by atoms with van der Waals surface area (Å²) in [5, 5.41) is 2.32. The molecule has 8 heteroatoms. The minimum Gasteiger partial charge on any atom is -0.477 e. The number of hydrogen-bond donors (Lipinski definition) is 1. The van der Waals surface area contributed by atoms with Crippen LogP contribution in [0.5, 0.6) is 5.88 Å². The van der Waals surface area contributed by atoms with Crippen molar-refractivity contribution >= 4 is 5.69 Å². The predicted octanol–water partition coefficient (Wildman–Crippen LogP) is 3.82. The summed E-state index contributed by atoms with van der Waals surface area (Å²) >= 11 is 0. The molecule has 2 rings (SSSR count). The molecule has 0 aliphatic rings. The summed E-state index contributed by atoms with van der Waals surface area (Å²) in [5.74, 6) is -6.29. The third-order valence-corrected chi connectivity index (χ3v) is 3.04. The van der Waals surface area contributed by atoms with E-state index in [1.165, 1.54) is 6.20 Å². The number of aromatic nitrogens is 2. The van der Waals surface area contributed by atoms with Gasteiger partial charge in [-0.2, -0.15) is 22.5 Å². The first-order chi connectivity index (χ1) is 11.0. The lowest BCUT2D eigenvalue weighted by Crippen LogP contribution is -2.11. The molecule has 0 saturated carbocycles. The third-order valence-electron chi connectivity index (χ3n) is 3.04. The summed E-state index contributed by atoms with van der Waals surface area (Å²) in [7, 11) is 0. The van der Waals surface area contributed by atoms with Gasteiger partial charge in [0.15, 0.2) is 0 Å². The van der Waals surface area contributed by atoms with E-state index in [4.69, 9.17) is 4.74 Å². The van der Waals surface area contributed by atoms with Crippen molar-refractivity contribution in [2.24, 2.45) is 0 Å². The summed E-state index contributed by atoms with van der Waals surface area (Å²) in [6, 6.07) is 3.25. The molecule has 1 N–H and O–H groups in total. The molecule has 0 atom stereocenters. The summed E-state index contributed by atoms with van der Waals surface area (Å²) in [5.41, 5.74) is -0.418. The Morgan fingerprint density at radius 3 is 2.48 bits per heavy atom. The van der Waals surface area contributed by atoms with Gasteiger partial charge in [0.05, 0.1) is 6.61 Å². The largest absolute Gasteiger partial charge is 0.477 e. The lowest BCUT2D eigenvalue weighted by molar-refractivity contribution is 0.295. The van der Waals surface area contributed by atoms with E-state index >= 15 is 0 Å². The van der Waals surface area contributed by atoms with Gasteiger partial charge in [-0.3, -0.25) is 0 Å². The van der Waals surface area contributed by atoms with E-state index in [2.05, 4.69) is 15.3 Å². The minimum absolute atomic E-state index is 0.119. The zero-order valence-corrected chi connectivity index (χ0v) is 12.4. The maximum atomic E-state index is 13.5. The predicted molar refractivity (Wildman–Crippen MR) is 76.0 cm³/mol. The van der Waals surface area contributed by atoms with Crippen molar-refractivity contribution in [1.29, 1.82) is 0 Å². The van der Waals surface area contributed by atoms with Crippen LogP contribution in [0.4, 0.5) is 23.2 Å². The first-order valence-corrected chi connectivity index (χ1v) is 7.05. The van der Waals surface area contributed by atoms with Crippen LogP contribution in [-0.4, -0.2) is 16.6 Å². The molecular weight excluding hydrogens is 314 g/mol. The monoisotopic (exact) mass is 329 g/mol. The van der Waals surface area contributed by atoms with Crippen LogP contribution in [0.25, 0.3) is 0 Å². The fourth-order valence-corrected chi connectivity index (χ4v) is 1.83. The number of ether oxygens (including phenoxy) is 1. The maximum absolute atomic E-state index is 13.5. The van der Waals surface area contributed by atoms with Crippen molar-refractivity contribution in [2.75, 3.05) is 11.9 Å². The molecule has 0 spiro atoms. The fraction of sp³-hybridized carbons (Fsp3) is 0.333. The first-order valence-electron chi connectivity index (χ1n) is 7.05. The zero-order chi connectivity index (χ0) is 16.8. The highest BCUT2D eigenvalue weighted by Gasteiger charge is 2.20. The number of anilines is 1. The van der Waals surface area contributed by atoms with E-state index in [1.54, 1.807) is 12.1 Å². The molecule has 124 valence electrons. The molecule has 0 aliphatic heterocycles. The van der Waals surface area contributed by atoms with Crippen LogP contribution >= 0.6 is 0 Å². The molecule has 0 fully saturated rings. The van der Waals surface area contributed by atoms with Crippen LogP contribution < -0.4 is 10.1 Å². The van der Waals surface area contributed by atoms with Crippen LogP contribution in [0.1, 0.15) is 25.3 Å². The summed E-state index contributed by atoms with van der Waals surface area (Å²) in [4.78, 5) is 6.53. The number of halogens is 4. The molecule has 4 nitrogen and oxygen atoms in total. The summed E-state index contributed by atoms with van der Waals surface area (Å²) in [6.45, 7) is 2.33. The second-order valence-electron chi connectivity index (χ2n) is 4.72. The Hall–Kier alpha value is -2.38. The molecular formula is C15H15F4N3O. The molecule has 0 aliphatic carbocycles. The number of hydrogen-bond acceptors (Lipinski definition) is 4. The lowest BCUT2D eigenvalue weighted by atomic mass is 10.2. The number of pyridine rings is 2. The van der Waals surface area contributed by atoms with Crippen LogP contribution in [0, 0.1) is 23.5 Å². The molecule has 2 heterocycles. The quantitative estimate of drug-likeness (QED) is 0.476. The van der Waals surface area contributed by atoms with Gasteiger partial charge in [0, 0.05) is 18.3 Å². The second kappa shape index (κ2) is 7.75. The molecule has 0 aromatic carbocycles. The Labute approximate surface area is 130 Å². The molecule has 2 aromatic heterocycles. The van der Waals surface area contributed by atoms with E-state index in [1.807, 2.05) is 6.92 Å². The topological polar surface area (TPSA) is 47.0 Å². The molecule has 0 bridgehead atoms. The van der Waals surface area contributed by atoms with E-state index in [0.717, 1.165) is 12.8 Å². The second-order valence-corrected chi connectivity index (χ2v) is 4.72. The van der Waals surface area contributed by atoms with Crippen LogP contribution in [0.15, 0.2) is 18.3 Å². The molecule has 23 heavy (non-hydrogen) atoms. The smallest absolute Gasteiger partial charge is 0.253 e. The number of unbranched alkanes of at least 4 members (excludes halogenated alkanes) is 1. The van der Waals surface area contributed by atoms with Crippen molar-refractivity contribution in [2.45, 2.75) is 26.3 Å². The molecule has 0 unspecified atom stereocenters. The highest BCUT2D eigenvalue weighted by Crippen LogP contribution is 2.24. The van der Waals surface area contributed by atoms with Crippen LogP contribution in [-0.2, 0) is 6.54 Å². The van der Waals surface area contributed by atoms with E-state index in [9.17, 15) is 17.6 Å². The first kappa shape index (κ1) is 17.0. The highest BCUT2D eigenvalue weighted by molar-refractivity contribution is 5.46. The van der Waals surface area contributed by atoms with Crippen LogP contribution in [0.2, 0.25) is 0 Å². The van der Waals surface area contributed by atoms with Crippen molar-refractivity contribution in [3.05, 3.63) is 47.4 Å². The Morgan fingerprint density at radius 1 is 1.13 bits per heavy atom. The summed E-state index contributed by atoms with van der Waals surface area (Å²) < 4.78 is 58.7. The van der Waals surface area contributed by atoms with Gasteiger partial charge < -0.3 is 10.1 Å². The van der Waals surface area contributed by atoms with Crippen molar-refractivity contribution in [3.8, 4) is 5.88 Å². The highest BCUT2D eigenvalue weighted by atomic mass is 19.2. The van der Waals surface area contributed by atoms with Crippen molar-refractivity contribution in [3.63, 3.8) is 0 Å². The molecule has 0 radical (unpaired) electrons. The third kappa shape index (κ3) is 4.08.